The molecule has 2 bridgehead atoms. The van der Waals surface area contributed by atoms with Crippen molar-refractivity contribution in [3.63, 3.8) is 0 Å². The molecule has 0 radical (unpaired) electrons. The first kappa shape index (κ1) is 19.2. The van der Waals surface area contributed by atoms with Gasteiger partial charge in [0.2, 0.25) is 0 Å². The normalized spacial score (nSPS) is 25.9. The van der Waals surface area contributed by atoms with Gasteiger partial charge in [-0.2, -0.15) is 5.10 Å². The van der Waals surface area contributed by atoms with Crippen molar-refractivity contribution in [3.05, 3.63) is 36.2 Å². The molecule has 9 heteroatoms. The lowest BCUT2D eigenvalue weighted by atomic mass is 9.70. The number of nitrogens with zero attached hydrogens (tertiary/aromatic N) is 5. The van der Waals surface area contributed by atoms with Gasteiger partial charge in [0.05, 0.1) is 11.3 Å². The van der Waals surface area contributed by atoms with Crippen molar-refractivity contribution in [1.82, 2.24) is 25.6 Å². The molecule has 0 saturated heterocycles. The first-order valence-electron chi connectivity index (χ1n) is 9.68. The summed E-state index contributed by atoms with van der Waals surface area (Å²) >= 11 is 0. The molecule has 152 valence electrons. The van der Waals surface area contributed by atoms with Gasteiger partial charge in [0.25, 0.3) is 5.91 Å². The maximum atomic E-state index is 12.3. The first-order valence-corrected chi connectivity index (χ1v) is 9.68. The molecule has 29 heavy (non-hydrogen) atoms. The highest BCUT2D eigenvalue weighted by Gasteiger charge is 2.60. The van der Waals surface area contributed by atoms with Gasteiger partial charge in [0, 0.05) is 11.1 Å². The van der Waals surface area contributed by atoms with Gasteiger partial charge in [-0.05, 0) is 59.2 Å². The van der Waals surface area contributed by atoms with E-state index in [0.717, 1.165) is 18.6 Å². The maximum absolute atomic E-state index is 12.3. The lowest BCUT2D eigenvalue weighted by Crippen LogP contribution is -2.34. The number of hydrogen-bond acceptors (Lipinski definition) is 7. The Labute approximate surface area is 168 Å². The minimum Gasteiger partial charge on any atom is -0.452 e. The number of amides is 1. The Hall–Kier alpha value is -3.10. The van der Waals surface area contributed by atoms with Gasteiger partial charge in [-0.15, -0.1) is 5.10 Å². The van der Waals surface area contributed by atoms with Crippen LogP contribution in [0.3, 0.4) is 0 Å². The predicted molar refractivity (Wildman–Crippen MR) is 104 cm³/mol. The van der Waals surface area contributed by atoms with Gasteiger partial charge in [0.15, 0.2) is 6.61 Å². The molecule has 2 saturated carbocycles. The van der Waals surface area contributed by atoms with Crippen LogP contribution >= 0.6 is 0 Å². The van der Waals surface area contributed by atoms with E-state index in [1.54, 1.807) is 24.3 Å². The van der Waals surface area contributed by atoms with E-state index in [2.05, 4.69) is 46.8 Å². The number of hydrogen-bond donors (Lipinski definition) is 1. The number of rotatable bonds is 5. The number of fused-ring (bicyclic) bond motifs is 2. The zero-order valence-electron chi connectivity index (χ0n) is 16.8. The highest BCUT2D eigenvalue weighted by Crippen LogP contribution is 2.63. The first-order chi connectivity index (χ1) is 13.8. The number of esters is 1. The summed E-state index contributed by atoms with van der Waals surface area (Å²) in [5.74, 6) is -0.448. The summed E-state index contributed by atoms with van der Waals surface area (Å²) in [6.45, 7) is 6.39. The minimum absolute atomic E-state index is 0.0122. The Bertz CT molecular complexity index is 968. The molecule has 1 amide bonds. The van der Waals surface area contributed by atoms with E-state index in [1.165, 1.54) is 17.4 Å². The maximum Gasteiger partial charge on any atom is 0.338 e. The monoisotopic (exact) mass is 396 g/mol. The second-order valence-corrected chi connectivity index (χ2v) is 8.47. The van der Waals surface area contributed by atoms with Crippen molar-refractivity contribution in [3.8, 4) is 5.69 Å². The van der Waals surface area contributed by atoms with E-state index >= 15 is 0 Å². The Balaban J connectivity index is 1.34. The average molecular weight is 396 g/mol. The highest BCUT2D eigenvalue weighted by molar-refractivity contribution is 5.95. The molecule has 2 fully saturated rings. The third-order valence-electron chi connectivity index (χ3n) is 6.86. The molecule has 2 aromatic rings. The van der Waals surface area contributed by atoms with Crippen LogP contribution in [0.2, 0.25) is 0 Å². The lowest BCUT2D eigenvalue weighted by molar-refractivity contribution is -0.124. The number of carbonyl (C=O) groups excluding carboxylic acids is 2. The highest BCUT2D eigenvalue weighted by atomic mass is 16.5. The molecule has 4 rings (SSSR count). The topological polar surface area (TPSA) is 111 Å². The molecule has 1 aromatic carbocycles. The number of nitrogens with one attached hydrogen (secondary N) is 1. The molecule has 0 aliphatic heterocycles. The van der Waals surface area contributed by atoms with Gasteiger partial charge < -0.3 is 4.74 Å². The van der Waals surface area contributed by atoms with Crippen LogP contribution in [0.5, 0.6) is 0 Å². The number of carbonyl (C=O) groups is 2. The Morgan fingerprint density at radius 1 is 1.34 bits per heavy atom. The molecule has 1 N–H and O–H groups in total. The fraction of sp³-hybridized carbons (Fsp3) is 0.500. The SMILES string of the molecule is CC12CCC(C/C1=N/NC(=O)COC(=O)c1cccc(-n3cnnn3)c1)C2(C)C. The molecular formula is C20H24N6O3. The van der Waals surface area contributed by atoms with Gasteiger partial charge in [-0.3, -0.25) is 4.79 Å². The molecule has 0 spiro atoms. The van der Waals surface area contributed by atoms with Gasteiger partial charge in [0.1, 0.15) is 6.33 Å². The third-order valence-corrected chi connectivity index (χ3v) is 6.86. The molecular weight excluding hydrogens is 372 g/mol. The smallest absolute Gasteiger partial charge is 0.338 e. The summed E-state index contributed by atoms with van der Waals surface area (Å²) in [6, 6.07) is 6.64. The number of benzene rings is 1. The summed E-state index contributed by atoms with van der Waals surface area (Å²) in [7, 11) is 0. The van der Waals surface area contributed by atoms with Crippen LogP contribution in [0.1, 0.15) is 50.4 Å². The molecule has 1 heterocycles. The summed E-state index contributed by atoms with van der Waals surface area (Å²) in [5.41, 5.74) is 4.71. The van der Waals surface area contributed by atoms with Crippen LogP contribution in [0.15, 0.2) is 35.7 Å². The Morgan fingerprint density at radius 3 is 2.83 bits per heavy atom. The molecule has 2 aliphatic carbocycles. The van der Waals surface area contributed by atoms with Crippen LogP contribution in [0, 0.1) is 16.7 Å². The fourth-order valence-corrected chi connectivity index (χ4v) is 4.53. The second kappa shape index (κ2) is 7.06. The van der Waals surface area contributed by atoms with Crippen LogP contribution in [-0.2, 0) is 9.53 Å². The molecule has 2 unspecified atom stereocenters. The number of ether oxygens (including phenoxy) is 1. The summed E-state index contributed by atoms with van der Waals surface area (Å²) in [4.78, 5) is 24.4. The predicted octanol–water partition coefficient (Wildman–Crippen LogP) is 2.14. The fourth-order valence-electron chi connectivity index (χ4n) is 4.53. The molecule has 2 atom stereocenters. The van der Waals surface area contributed by atoms with Crippen molar-refractivity contribution in [1.29, 1.82) is 0 Å². The number of hydrazone groups is 1. The van der Waals surface area contributed by atoms with E-state index in [-0.39, 0.29) is 10.8 Å². The summed E-state index contributed by atoms with van der Waals surface area (Å²) in [5, 5.41) is 15.3. The van der Waals surface area contributed by atoms with Crippen LogP contribution in [-0.4, -0.2) is 44.4 Å². The number of aromatic nitrogens is 4. The van der Waals surface area contributed by atoms with Crippen LogP contribution < -0.4 is 5.43 Å². The largest absolute Gasteiger partial charge is 0.452 e. The minimum atomic E-state index is -0.601. The zero-order chi connectivity index (χ0) is 20.6. The van der Waals surface area contributed by atoms with Gasteiger partial charge in [-0.25, -0.2) is 14.9 Å². The van der Waals surface area contributed by atoms with Crippen molar-refractivity contribution in [2.75, 3.05) is 6.61 Å². The number of tetrazole rings is 1. The second-order valence-electron chi connectivity index (χ2n) is 8.47. The van der Waals surface area contributed by atoms with Crippen LogP contribution in [0.4, 0.5) is 0 Å². The van der Waals surface area contributed by atoms with Crippen LogP contribution in [0.25, 0.3) is 5.69 Å². The Morgan fingerprint density at radius 2 is 2.17 bits per heavy atom. The van der Waals surface area contributed by atoms with E-state index < -0.39 is 18.5 Å². The van der Waals surface area contributed by atoms with Crippen molar-refractivity contribution >= 4 is 17.6 Å². The third kappa shape index (κ3) is 3.30. The quantitative estimate of drug-likeness (QED) is 0.612. The Kier molecular flexibility index (Phi) is 4.68. The molecule has 1 aromatic heterocycles. The standard InChI is InChI=1S/C20H24N6O3/c1-19(2)14-7-8-20(19,3)16(10-14)22-23-17(27)11-29-18(28)13-5-4-6-15(9-13)26-12-21-24-25-26/h4-6,9,12,14H,7-8,10-11H2,1-3H3,(H,23,27)/b22-16-. The van der Waals surface area contributed by atoms with E-state index in [0.29, 0.717) is 17.2 Å². The van der Waals surface area contributed by atoms with E-state index in [4.69, 9.17) is 4.74 Å². The summed E-state index contributed by atoms with van der Waals surface area (Å²) in [6.07, 6.45) is 4.63. The van der Waals surface area contributed by atoms with Gasteiger partial charge in [-0.1, -0.05) is 26.8 Å². The van der Waals surface area contributed by atoms with Crippen molar-refractivity contribution < 1.29 is 14.3 Å². The van der Waals surface area contributed by atoms with E-state index in [9.17, 15) is 9.59 Å². The average Bonchev–Trinajstić information content (AvgIpc) is 3.37. The molecule has 9 nitrogen and oxygen atoms in total. The molecule has 2 aliphatic rings. The lowest BCUT2D eigenvalue weighted by Gasteiger charge is -2.34. The van der Waals surface area contributed by atoms with E-state index in [1.807, 2.05) is 0 Å². The zero-order valence-corrected chi connectivity index (χ0v) is 16.8. The van der Waals surface area contributed by atoms with Crippen molar-refractivity contribution in [2.45, 2.75) is 40.0 Å². The van der Waals surface area contributed by atoms with Crippen molar-refractivity contribution in [2.24, 2.45) is 21.8 Å². The summed E-state index contributed by atoms with van der Waals surface area (Å²) < 4.78 is 6.55. The van der Waals surface area contributed by atoms with Gasteiger partial charge >= 0.3 is 5.97 Å².